The molecule has 0 bridgehead atoms. The lowest BCUT2D eigenvalue weighted by atomic mass is 10.3. The fraction of sp³-hybridized carbons (Fsp3) is 0.231. The highest BCUT2D eigenvalue weighted by Gasteiger charge is 2.22. The van der Waals surface area contributed by atoms with E-state index in [0.717, 1.165) is 0 Å². The Hall–Kier alpha value is -2.35. The molecule has 1 amide bonds. The molecule has 21 heavy (non-hydrogen) atoms. The van der Waals surface area contributed by atoms with E-state index in [9.17, 15) is 13.2 Å². The van der Waals surface area contributed by atoms with Gasteiger partial charge >= 0.3 is 0 Å². The van der Waals surface area contributed by atoms with Crippen molar-refractivity contribution in [2.45, 2.75) is 25.7 Å². The second-order valence-corrected chi connectivity index (χ2v) is 6.25. The van der Waals surface area contributed by atoms with Gasteiger partial charge in [0, 0.05) is 18.3 Å². The SMILES string of the molecule is CC(=O)Nc1ccc(NS(=O)(=O)c2c(C)n[nH]c2C)cc1. The molecule has 0 aliphatic rings. The van der Waals surface area contributed by atoms with Crippen LogP contribution in [0.4, 0.5) is 11.4 Å². The summed E-state index contributed by atoms with van der Waals surface area (Å²) in [5, 5.41) is 9.13. The minimum Gasteiger partial charge on any atom is -0.326 e. The highest BCUT2D eigenvalue weighted by atomic mass is 32.2. The van der Waals surface area contributed by atoms with E-state index in [1.54, 1.807) is 38.1 Å². The molecule has 1 heterocycles. The second kappa shape index (κ2) is 5.57. The third kappa shape index (κ3) is 3.40. The average Bonchev–Trinajstić information content (AvgIpc) is 2.71. The van der Waals surface area contributed by atoms with Gasteiger partial charge in [-0.15, -0.1) is 0 Å². The Bertz CT molecular complexity index is 744. The van der Waals surface area contributed by atoms with E-state index < -0.39 is 10.0 Å². The molecule has 0 aliphatic heterocycles. The molecule has 0 fully saturated rings. The molecule has 0 aliphatic carbocycles. The second-order valence-electron chi connectivity index (χ2n) is 4.63. The van der Waals surface area contributed by atoms with Crippen molar-refractivity contribution in [3.05, 3.63) is 35.7 Å². The lowest BCUT2D eigenvalue weighted by molar-refractivity contribution is -0.114. The Morgan fingerprint density at radius 2 is 1.71 bits per heavy atom. The Kier molecular flexibility index (Phi) is 3.99. The lowest BCUT2D eigenvalue weighted by Crippen LogP contribution is -2.14. The van der Waals surface area contributed by atoms with Gasteiger partial charge in [0.1, 0.15) is 4.90 Å². The van der Waals surface area contributed by atoms with Crippen LogP contribution in [0.5, 0.6) is 0 Å². The first-order valence-corrected chi connectivity index (χ1v) is 7.70. The molecule has 0 saturated carbocycles. The normalized spacial score (nSPS) is 11.2. The van der Waals surface area contributed by atoms with Crippen LogP contribution in [0.2, 0.25) is 0 Å². The van der Waals surface area contributed by atoms with E-state index in [1.165, 1.54) is 6.92 Å². The number of aromatic nitrogens is 2. The van der Waals surface area contributed by atoms with Crippen molar-refractivity contribution >= 4 is 27.3 Å². The van der Waals surface area contributed by atoms with Crippen LogP contribution < -0.4 is 10.0 Å². The molecule has 7 nitrogen and oxygen atoms in total. The van der Waals surface area contributed by atoms with Gasteiger partial charge in [0.05, 0.1) is 11.4 Å². The summed E-state index contributed by atoms with van der Waals surface area (Å²) >= 11 is 0. The number of nitrogens with one attached hydrogen (secondary N) is 3. The van der Waals surface area contributed by atoms with Crippen LogP contribution in [0.25, 0.3) is 0 Å². The Labute approximate surface area is 122 Å². The zero-order valence-corrected chi connectivity index (χ0v) is 12.7. The van der Waals surface area contributed by atoms with Crippen molar-refractivity contribution in [1.29, 1.82) is 0 Å². The van der Waals surface area contributed by atoms with Crippen LogP contribution >= 0.6 is 0 Å². The van der Waals surface area contributed by atoms with Gasteiger partial charge in [0.2, 0.25) is 5.91 Å². The number of carbonyl (C=O) groups is 1. The van der Waals surface area contributed by atoms with Crippen molar-refractivity contribution in [3.63, 3.8) is 0 Å². The highest BCUT2D eigenvalue weighted by molar-refractivity contribution is 7.92. The number of hydrogen-bond donors (Lipinski definition) is 3. The third-order valence-electron chi connectivity index (χ3n) is 2.79. The monoisotopic (exact) mass is 308 g/mol. The molecule has 0 radical (unpaired) electrons. The number of sulfonamides is 1. The number of amides is 1. The van der Waals surface area contributed by atoms with E-state index in [2.05, 4.69) is 20.2 Å². The highest BCUT2D eigenvalue weighted by Crippen LogP contribution is 2.21. The van der Waals surface area contributed by atoms with Gasteiger partial charge < -0.3 is 5.32 Å². The van der Waals surface area contributed by atoms with E-state index in [0.29, 0.717) is 22.8 Å². The fourth-order valence-corrected chi connectivity index (χ4v) is 3.40. The molecule has 0 atom stereocenters. The number of H-pyrrole nitrogens is 1. The molecule has 0 spiro atoms. The number of benzene rings is 1. The van der Waals surface area contributed by atoms with Gasteiger partial charge in [0.25, 0.3) is 10.0 Å². The van der Waals surface area contributed by atoms with Gasteiger partial charge in [0.15, 0.2) is 0 Å². The van der Waals surface area contributed by atoms with Gasteiger partial charge in [-0.2, -0.15) is 5.10 Å². The summed E-state index contributed by atoms with van der Waals surface area (Å²) in [7, 11) is -3.70. The van der Waals surface area contributed by atoms with Crippen LogP contribution in [0.1, 0.15) is 18.3 Å². The van der Waals surface area contributed by atoms with Crippen LogP contribution in [-0.4, -0.2) is 24.5 Å². The van der Waals surface area contributed by atoms with Crippen molar-refractivity contribution in [3.8, 4) is 0 Å². The third-order valence-corrected chi connectivity index (χ3v) is 4.43. The largest absolute Gasteiger partial charge is 0.326 e. The summed E-state index contributed by atoms with van der Waals surface area (Å²) in [5.74, 6) is -0.187. The van der Waals surface area contributed by atoms with Crippen molar-refractivity contribution in [2.75, 3.05) is 10.0 Å². The summed E-state index contributed by atoms with van der Waals surface area (Å²) < 4.78 is 27.1. The van der Waals surface area contributed by atoms with Crippen LogP contribution in [0.3, 0.4) is 0 Å². The Balaban J connectivity index is 2.23. The van der Waals surface area contributed by atoms with Gasteiger partial charge in [-0.05, 0) is 38.1 Å². The number of nitrogens with zero attached hydrogens (tertiary/aromatic N) is 1. The summed E-state index contributed by atoms with van der Waals surface area (Å²) in [4.78, 5) is 11.1. The molecule has 3 N–H and O–H groups in total. The molecule has 112 valence electrons. The first-order chi connectivity index (χ1) is 9.79. The number of anilines is 2. The van der Waals surface area contributed by atoms with Crippen molar-refractivity contribution < 1.29 is 13.2 Å². The molecule has 2 rings (SSSR count). The summed E-state index contributed by atoms with van der Waals surface area (Å²) in [6.45, 7) is 4.67. The average molecular weight is 308 g/mol. The minimum atomic E-state index is -3.70. The number of rotatable bonds is 4. The molecule has 8 heteroatoms. The Morgan fingerprint density at radius 1 is 1.14 bits per heavy atom. The maximum atomic E-state index is 12.3. The number of aromatic amines is 1. The summed E-state index contributed by atoms with van der Waals surface area (Å²) in [6, 6.07) is 6.39. The number of carbonyl (C=O) groups excluding carboxylic acids is 1. The number of aryl methyl sites for hydroxylation is 2. The molecule has 1 aromatic heterocycles. The molecule has 2 aromatic rings. The van der Waals surface area contributed by atoms with Crippen molar-refractivity contribution in [2.24, 2.45) is 0 Å². The van der Waals surface area contributed by atoms with E-state index in [-0.39, 0.29) is 10.8 Å². The quantitative estimate of drug-likeness (QED) is 0.801. The zero-order valence-electron chi connectivity index (χ0n) is 11.9. The smallest absolute Gasteiger partial charge is 0.265 e. The van der Waals surface area contributed by atoms with Crippen LogP contribution in [-0.2, 0) is 14.8 Å². The molecule has 0 unspecified atom stereocenters. The van der Waals surface area contributed by atoms with Crippen molar-refractivity contribution in [1.82, 2.24) is 10.2 Å². The topological polar surface area (TPSA) is 104 Å². The van der Waals surface area contributed by atoms with E-state index >= 15 is 0 Å². The zero-order chi connectivity index (χ0) is 15.6. The Morgan fingerprint density at radius 3 is 2.19 bits per heavy atom. The van der Waals surface area contributed by atoms with Gasteiger partial charge in [-0.1, -0.05) is 0 Å². The first-order valence-electron chi connectivity index (χ1n) is 6.21. The molecular weight excluding hydrogens is 292 g/mol. The van der Waals surface area contributed by atoms with Crippen LogP contribution in [0.15, 0.2) is 29.2 Å². The minimum absolute atomic E-state index is 0.147. The summed E-state index contributed by atoms with van der Waals surface area (Å²) in [6.07, 6.45) is 0. The van der Waals surface area contributed by atoms with E-state index in [4.69, 9.17) is 0 Å². The number of hydrogen-bond acceptors (Lipinski definition) is 4. The predicted octanol–water partition coefficient (Wildman–Crippen LogP) is 1.79. The molecule has 1 aromatic carbocycles. The van der Waals surface area contributed by atoms with Crippen LogP contribution in [0, 0.1) is 13.8 Å². The fourth-order valence-electron chi connectivity index (χ4n) is 1.97. The lowest BCUT2D eigenvalue weighted by Gasteiger charge is -2.09. The maximum absolute atomic E-state index is 12.3. The predicted molar refractivity (Wildman–Crippen MR) is 79.6 cm³/mol. The summed E-state index contributed by atoms with van der Waals surface area (Å²) in [5.41, 5.74) is 1.90. The molecule has 0 saturated heterocycles. The maximum Gasteiger partial charge on any atom is 0.265 e. The van der Waals surface area contributed by atoms with Gasteiger partial charge in [-0.3, -0.25) is 14.6 Å². The standard InChI is InChI=1S/C13H16N4O3S/c1-8-13(9(2)16-15-8)21(19,20)17-12-6-4-11(5-7-12)14-10(3)18/h4-7,17H,1-3H3,(H,14,18)(H,15,16). The van der Waals surface area contributed by atoms with E-state index in [1.807, 2.05) is 0 Å². The van der Waals surface area contributed by atoms with Gasteiger partial charge in [-0.25, -0.2) is 8.42 Å². The molecular formula is C13H16N4O3S. The first kappa shape index (κ1) is 15.0.